The molecule has 1 aromatic heterocycles. The number of nitrogens with one attached hydrogen (secondary N) is 1. The van der Waals surface area contributed by atoms with Gasteiger partial charge in [-0.15, -0.1) is 0 Å². The van der Waals surface area contributed by atoms with E-state index in [4.69, 9.17) is 18.6 Å². The lowest BCUT2D eigenvalue weighted by molar-refractivity contribution is -0.116. The number of hydrogen-bond acceptors (Lipinski definition) is 7. The van der Waals surface area contributed by atoms with Crippen LogP contribution in [0.15, 0.2) is 70.2 Å². The molecule has 10 heteroatoms. The number of nitrogens with zero attached hydrogens (tertiary/aromatic N) is 1. The molecule has 0 saturated carbocycles. The summed E-state index contributed by atoms with van der Waals surface area (Å²) in [6, 6.07) is 14.2. The number of amides is 1. The second-order valence-electron chi connectivity index (χ2n) is 6.91. The van der Waals surface area contributed by atoms with Crippen molar-refractivity contribution in [1.29, 1.82) is 0 Å². The highest BCUT2D eigenvalue weighted by molar-refractivity contribution is 7.89. The third-order valence-corrected chi connectivity index (χ3v) is 6.45. The smallest absolute Gasteiger partial charge is 0.243 e. The third kappa shape index (κ3) is 6.27. The first kappa shape index (κ1) is 24.1. The molecular weight excluding hydrogens is 448 g/mol. The highest BCUT2D eigenvalue weighted by Gasteiger charge is 2.28. The molecule has 1 amide bonds. The summed E-state index contributed by atoms with van der Waals surface area (Å²) in [4.78, 5) is 12.9. The first-order valence-electron chi connectivity index (χ1n) is 10.1. The van der Waals surface area contributed by atoms with Crippen LogP contribution in [0.5, 0.6) is 17.2 Å². The lowest BCUT2D eigenvalue weighted by atomic mass is 10.2. The minimum absolute atomic E-state index is 0.0355. The van der Waals surface area contributed by atoms with Crippen LogP contribution in [0.4, 0.5) is 5.69 Å². The average Bonchev–Trinajstić information content (AvgIpc) is 3.32. The number of methoxy groups -OCH3 is 2. The van der Waals surface area contributed by atoms with Crippen LogP contribution < -0.4 is 19.5 Å². The Labute approximate surface area is 192 Å². The summed E-state index contributed by atoms with van der Waals surface area (Å²) < 4.78 is 48.8. The minimum atomic E-state index is -4.01. The fourth-order valence-corrected chi connectivity index (χ4v) is 4.43. The molecule has 9 nitrogen and oxygen atoms in total. The summed E-state index contributed by atoms with van der Waals surface area (Å²) in [5.41, 5.74) is 0.410. The standard InChI is InChI=1S/C23H26N2O7S/c1-4-31-18-7-9-22(10-8-18)33(27,28)25(15-19-6-5-11-32-19)16-23(26)24-17-12-20(29-2)14-21(13-17)30-3/h5-14H,4,15-16H2,1-3H3,(H,24,26). The van der Waals surface area contributed by atoms with Gasteiger partial charge in [-0.25, -0.2) is 8.42 Å². The van der Waals surface area contributed by atoms with Gasteiger partial charge in [-0.2, -0.15) is 4.31 Å². The largest absolute Gasteiger partial charge is 0.497 e. The highest BCUT2D eigenvalue weighted by atomic mass is 32.2. The molecular formula is C23H26N2O7S. The van der Waals surface area contributed by atoms with Crippen LogP contribution in [0.1, 0.15) is 12.7 Å². The molecule has 0 aliphatic carbocycles. The Balaban J connectivity index is 1.84. The van der Waals surface area contributed by atoms with E-state index in [0.29, 0.717) is 35.3 Å². The Kier molecular flexibility index (Phi) is 7.96. The second-order valence-corrected chi connectivity index (χ2v) is 8.84. The molecule has 176 valence electrons. The molecule has 1 N–H and O–H groups in total. The van der Waals surface area contributed by atoms with Gasteiger partial charge in [0.25, 0.3) is 0 Å². The Morgan fingerprint density at radius 1 is 1.00 bits per heavy atom. The Hall–Kier alpha value is -3.50. The summed E-state index contributed by atoms with van der Waals surface area (Å²) in [7, 11) is -1.02. The van der Waals surface area contributed by atoms with Crippen LogP contribution in [0.3, 0.4) is 0 Å². The number of rotatable bonds is 11. The van der Waals surface area contributed by atoms with Crippen molar-refractivity contribution >= 4 is 21.6 Å². The monoisotopic (exact) mass is 474 g/mol. The topological polar surface area (TPSA) is 107 Å². The summed E-state index contributed by atoms with van der Waals surface area (Å²) >= 11 is 0. The van der Waals surface area contributed by atoms with Crippen LogP contribution in [0, 0.1) is 0 Å². The molecule has 0 saturated heterocycles. The lowest BCUT2D eigenvalue weighted by Crippen LogP contribution is -2.37. The van der Waals surface area contributed by atoms with Crippen molar-refractivity contribution < 1.29 is 31.8 Å². The van der Waals surface area contributed by atoms with E-state index in [0.717, 1.165) is 4.31 Å². The van der Waals surface area contributed by atoms with Crippen molar-refractivity contribution in [2.45, 2.75) is 18.4 Å². The Bertz CT molecular complexity index is 1140. The van der Waals surface area contributed by atoms with E-state index >= 15 is 0 Å². The molecule has 0 aliphatic rings. The Morgan fingerprint density at radius 3 is 2.21 bits per heavy atom. The fourth-order valence-electron chi connectivity index (χ4n) is 3.07. The van der Waals surface area contributed by atoms with Gasteiger partial charge in [0.2, 0.25) is 15.9 Å². The molecule has 2 aromatic carbocycles. The van der Waals surface area contributed by atoms with Gasteiger partial charge >= 0.3 is 0 Å². The van der Waals surface area contributed by atoms with Gasteiger partial charge in [-0.1, -0.05) is 0 Å². The number of furan rings is 1. The van der Waals surface area contributed by atoms with E-state index in [1.54, 1.807) is 42.5 Å². The van der Waals surface area contributed by atoms with E-state index in [1.165, 1.54) is 32.6 Å². The number of hydrogen-bond donors (Lipinski definition) is 1. The van der Waals surface area contributed by atoms with Crippen LogP contribution >= 0.6 is 0 Å². The predicted molar refractivity (Wildman–Crippen MR) is 122 cm³/mol. The second kappa shape index (κ2) is 10.9. The molecule has 3 rings (SSSR count). The zero-order valence-electron chi connectivity index (χ0n) is 18.6. The first-order chi connectivity index (χ1) is 15.8. The minimum Gasteiger partial charge on any atom is -0.497 e. The number of anilines is 1. The van der Waals surface area contributed by atoms with Gasteiger partial charge < -0.3 is 23.9 Å². The molecule has 0 bridgehead atoms. The van der Waals surface area contributed by atoms with Crippen LogP contribution in [0.2, 0.25) is 0 Å². The van der Waals surface area contributed by atoms with Gasteiger partial charge in [-0.05, 0) is 43.3 Å². The van der Waals surface area contributed by atoms with Gasteiger partial charge in [0.05, 0.1) is 45.1 Å². The number of carbonyl (C=O) groups excluding carboxylic acids is 1. The van der Waals surface area contributed by atoms with Gasteiger partial charge in [0.15, 0.2) is 0 Å². The van der Waals surface area contributed by atoms with E-state index in [1.807, 2.05) is 6.92 Å². The molecule has 0 fully saturated rings. The van der Waals surface area contributed by atoms with Crippen molar-refractivity contribution in [2.24, 2.45) is 0 Å². The molecule has 0 radical (unpaired) electrons. The van der Waals surface area contributed by atoms with Crippen LogP contribution in [0.25, 0.3) is 0 Å². The van der Waals surface area contributed by atoms with Crippen LogP contribution in [-0.2, 0) is 21.4 Å². The SMILES string of the molecule is CCOc1ccc(S(=O)(=O)N(CC(=O)Nc2cc(OC)cc(OC)c2)Cc2ccco2)cc1. The number of benzene rings is 2. The molecule has 1 heterocycles. The van der Waals surface area contributed by atoms with Crippen molar-refractivity contribution in [2.75, 3.05) is 32.7 Å². The fraction of sp³-hybridized carbons (Fsp3) is 0.261. The first-order valence-corrected chi connectivity index (χ1v) is 11.6. The van der Waals surface area contributed by atoms with E-state index in [-0.39, 0.29) is 11.4 Å². The quantitative estimate of drug-likeness (QED) is 0.453. The molecule has 0 atom stereocenters. The van der Waals surface area contributed by atoms with E-state index < -0.39 is 22.5 Å². The van der Waals surface area contributed by atoms with Crippen molar-refractivity contribution in [3.05, 3.63) is 66.6 Å². The van der Waals surface area contributed by atoms with Gasteiger partial charge in [0, 0.05) is 23.9 Å². The van der Waals surface area contributed by atoms with E-state index in [9.17, 15) is 13.2 Å². The summed E-state index contributed by atoms with van der Waals surface area (Å²) in [6.45, 7) is 1.76. The third-order valence-electron chi connectivity index (χ3n) is 4.64. The molecule has 0 aliphatic heterocycles. The lowest BCUT2D eigenvalue weighted by Gasteiger charge is -2.21. The normalized spacial score (nSPS) is 11.3. The summed E-state index contributed by atoms with van der Waals surface area (Å²) in [6.07, 6.45) is 1.44. The summed E-state index contributed by atoms with van der Waals surface area (Å²) in [5.74, 6) is 1.39. The van der Waals surface area contributed by atoms with Gasteiger partial charge in [-0.3, -0.25) is 4.79 Å². The number of sulfonamides is 1. The zero-order valence-corrected chi connectivity index (χ0v) is 19.4. The maximum atomic E-state index is 13.3. The Morgan fingerprint density at radius 2 is 1.67 bits per heavy atom. The van der Waals surface area contributed by atoms with Crippen molar-refractivity contribution in [3.63, 3.8) is 0 Å². The van der Waals surface area contributed by atoms with Gasteiger partial charge in [0.1, 0.15) is 23.0 Å². The highest BCUT2D eigenvalue weighted by Crippen LogP contribution is 2.26. The number of ether oxygens (including phenoxy) is 3. The molecule has 0 spiro atoms. The molecule has 33 heavy (non-hydrogen) atoms. The van der Waals surface area contributed by atoms with Crippen molar-refractivity contribution in [3.8, 4) is 17.2 Å². The van der Waals surface area contributed by atoms with E-state index in [2.05, 4.69) is 5.32 Å². The molecule has 0 unspecified atom stereocenters. The zero-order chi connectivity index (χ0) is 23.8. The maximum absolute atomic E-state index is 13.3. The van der Waals surface area contributed by atoms with Crippen LogP contribution in [-0.4, -0.2) is 46.0 Å². The molecule has 3 aromatic rings. The number of carbonyl (C=O) groups is 1. The summed E-state index contributed by atoms with van der Waals surface area (Å²) in [5, 5.41) is 2.70. The maximum Gasteiger partial charge on any atom is 0.243 e. The van der Waals surface area contributed by atoms with Crippen molar-refractivity contribution in [1.82, 2.24) is 4.31 Å². The average molecular weight is 475 g/mol. The predicted octanol–water partition coefficient (Wildman–Crippen LogP) is 3.53.